The van der Waals surface area contributed by atoms with Crippen LogP contribution in [-0.2, 0) is 0 Å². The number of nitrogens with zero attached hydrogens (tertiary/aromatic N) is 2. The number of nitro groups is 1. The van der Waals surface area contributed by atoms with E-state index in [2.05, 4.69) is 15.6 Å². The van der Waals surface area contributed by atoms with Gasteiger partial charge in [-0.3, -0.25) is 15.2 Å². The number of anilines is 1. The van der Waals surface area contributed by atoms with E-state index in [9.17, 15) is 10.1 Å². The van der Waals surface area contributed by atoms with Crippen LogP contribution >= 0.6 is 0 Å². The summed E-state index contributed by atoms with van der Waals surface area (Å²) in [6, 6.07) is 4.40. The fourth-order valence-corrected chi connectivity index (χ4v) is 1.23. The molecule has 1 aromatic heterocycles. The third-order valence-corrected chi connectivity index (χ3v) is 1.89. The second kappa shape index (κ2) is 2.96. The number of rotatable bonds is 2. The van der Waals surface area contributed by atoms with E-state index in [1.807, 2.05) is 0 Å². The summed E-state index contributed by atoms with van der Waals surface area (Å²) in [5.41, 5.74) is 3.06. The van der Waals surface area contributed by atoms with Crippen molar-refractivity contribution >= 4 is 22.4 Å². The maximum atomic E-state index is 10.5. The zero-order valence-electron chi connectivity index (χ0n) is 7.02. The zero-order valence-corrected chi connectivity index (χ0v) is 7.02. The molecule has 0 unspecified atom stereocenters. The number of hydrogen-bond acceptors (Lipinski definition) is 5. The van der Waals surface area contributed by atoms with Crippen LogP contribution in [0.25, 0.3) is 10.9 Å². The molecule has 7 nitrogen and oxygen atoms in total. The van der Waals surface area contributed by atoms with Crippen molar-refractivity contribution < 1.29 is 4.92 Å². The molecule has 0 bridgehead atoms. The minimum absolute atomic E-state index is 0.00963. The first-order valence-corrected chi connectivity index (χ1v) is 3.81. The molecular formula is C7H7N5O2. The molecule has 72 valence electrons. The molecule has 0 aliphatic heterocycles. The number of nitrogens with two attached hydrogens (primary N) is 1. The lowest BCUT2D eigenvalue weighted by Gasteiger charge is -1.94. The second-order valence-corrected chi connectivity index (χ2v) is 2.70. The molecule has 0 saturated heterocycles. The second-order valence-electron chi connectivity index (χ2n) is 2.70. The summed E-state index contributed by atoms with van der Waals surface area (Å²) < 4.78 is 0. The van der Waals surface area contributed by atoms with Crippen molar-refractivity contribution in [1.29, 1.82) is 0 Å². The van der Waals surface area contributed by atoms with Crippen LogP contribution in [-0.4, -0.2) is 15.1 Å². The average Bonchev–Trinajstić information content (AvgIpc) is 2.59. The molecule has 0 spiro atoms. The molecule has 0 radical (unpaired) electrons. The van der Waals surface area contributed by atoms with Crippen molar-refractivity contribution in [3.63, 3.8) is 0 Å². The Bertz CT molecular complexity index is 492. The summed E-state index contributed by atoms with van der Waals surface area (Å²) in [6.45, 7) is 0. The molecule has 0 atom stereocenters. The molecule has 0 saturated carbocycles. The summed E-state index contributed by atoms with van der Waals surface area (Å²) in [7, 11) is 0. The minimum Gasteiger partial charge on any atom is -0.306 e. The van der Waals surface area contributed by atoms with Crippen LogP contribution in [0.2, 0.25) is 0 Å². The molecule has 7 heteroatoms. The van der Waals surface area contributed by atoms with Gasteiger partial charge in [-0.05, 0) is 6.07 Å². The van der Waals surface area contributed by atoms with Crippen molar-refractivity contribution in [2.45, 2.75) is 0 Å². The van der Waals surface area contributed by atoms with Gasteiger partial charge in [-0.25, -0.2) is 5.84 Å². The SMILES string of the molecule is NNc1n[nH]c2ccc([N+](=O)[O-])cc12. The van der Waals surface area contributed by atoms with Crippen molar-refractivity contribution in [2.75, 3.05) is 5.43 Å². The van der Waals surface area contributed by atoms with Crippen LogP contribution in [0.4, 0.5) is 11.5 Å². The Morgan fingerprint density at radius 2 is 2.36 bits per heavy atom. The van der Waals surface area contributed by atoms with Crippen LogP contribution < -0.4 is 11.3 Å². The molecule has 1 heterocycles. The van der Waals surface area contributed by atoms with Gasteiger partial charge in [-0.15, -0.1) is 0 Å². The zero-order chi connectivity index (χ0) is 10.1. The monoisotopic (exact) mass is 193 g/mol. The van der Waals surface area contributed by atoms with Gasteiger partial charge in [0.05, 0.1) is 15.8 Å². The maximum absolute atomic E-state index is 10.5. The van der Waals surface area contributed by atoms with Crippen molar-refractivity contribution in [3.8, 4) is 0 Å². The molecule has 14 heavy (non-hydrogen) atoms. The Labute approximate surface area is 78.0 Å². The van der Waals surface area contributed by atoms with Gasteiger partial charge in [0.25, 0.3) is 5.69 Å². The lowest BCUT2D eigenvalue weighted by atomic mass is 10.2. The van der Waals surface area contributed by atoms with E-state index >= 15 is 0 Å². The molecule has 2 rings (SSSR count). The van der Waals surface area contributed by atoms with Gasteiger partial charge in [-0.1, -0.05) is 0 Å². The summed E-state index contributed by atoms with van der Waals surface area (Å²) in [6.07, 6.45) is 0. The van der Waals surface area contributed by atoms with Crippen molar-refractivity contribution in [2.24, 2.45) is 5.84 Å². The van der Waals surface area contributed by atoms with E-state index in [-0.39, 0.29) is 5.69 Å². The number of nitrogen functional groups attached to an aromatic ring is 1. The predicted octanol–water partition coefficient (Wildman–Crippen LogP) is 0.757. The Kier molecular flexibility index (Phi) is 1.79. The lowest BCUT2D eigenvalue weighted by Crippen LogP contribution is -2.07. The van der Waals surface area contributed by atoms with E-state index < -0.39 is 4.92 Å². The molecule has 0 aliphatic carbocycles. The van der Waals surface area contributed by atoms with Gasteiger partial charge in [0, 0.05) is 12.1 Å². The number of nitrogens with one attached hydrogen (secondary N) is 2. The summed E-state index contributed by atoms with van der Waals surface area (Å²) in [4.78, 5) is 10.0. The van der Waals surface area contributed by atoms with Crippen LogP contribution in [0, 0.1) is 10.1 Å². The summed E-state index contributed by atoms with van der Waals surface area (Å²) >= 11 is 0. The smallest absolute Gasteiger partial charge is 0.270 e. The van der Waals surface area contributed by atoms with Crippen molar-refractivity contribution in [1.82, 2.24) is 10.2 Å². The van der Waals surface area contributed by atoms with E-state index in [0.717, 1.165) is 0 Å². The summed E-state index contributed by atoms with van der Waals surface area (Å²) in [5.74, 6) is 5.58. The number of H-pyrrole nitrogens is 1. The number of hydrazine groups is 1. The Balaban J connectivity index is 2.67. The predicted molar refractivity (Wildman–Crippen MR) is 50.6 cm³/mol. The molecule has 0 amide bonds. The highest BCUT2D eigenvalue weighted by atomic mass is 16.6. The maximum Gasteiger partial charge on any atom is 0.270 e. The topological polar surface area (TPSA) is 110 Å². The van der Waals surface area contributed by atoms with Crippen LogP contribution in [0.15, 0.2) is 18.2 Å². The fourth-order valence-electron chi connectivity index (χ4n) is 1.23. The average molecular weight is 193 g/mol. The number of benzene rings is 1. The highest BCUT2D eigenvalue weighted by Crippen LogP contribution is 2.24. The standard InChI is InChI=1S/C7H7N5O2/c8-9-7-5-3-4(12(13)14)1-2-6(5)10-11-7/h1-3H,8H2,(H2,9,10,11). The molecule has 4 N–H and O–H groups in total. The van der Waals surface area contributed by atoms with Crippen molar-refractivity contribution in [3.05, 3.63) is 28.3 Å². The first kappa shape index (κ1) is 8.45. The normalized spacial score (nSPS) is 10.4. The number of non-ortho nitro benzene ring substituents is 1. The van der Waals surface area contributed by atoms with Gasteiger partial charge in [0.2, 0.25) is 0 Å². The highest BCUT2D eigenvalue weighted by molar-refractivity contribution is 5.91. The Hall–Kier alpha value is -2.15. The Morgan fingerprint density at radius 3 is 3.00 bits per heavy atom. The van der Waals surface area contributed by atoms with E-state index in [4.69, 9.17) is 5.84 Å². The van der Waals surface area contributed by atoms with E-state index in [0.29, 0.717) is 16.7 Å². The molecule has 0 fully saturated rings. The largest absolute Gasteiger partial charge is 0.306 e. The van der Waals surface area contributed by atoms with E-state index in [1.165, 1.54) is 12.1 Å². The summed E-state index contributed by atoms with van der Waals surface area (Å²) in [5, 5.41) is 17.6. The number of hydrogen-bond donors (Lipinski definition) is 3. The van der Waals surface area contributed by atoms with E-state index in [1.54, 1.807) is 6.07 Å². The third kappa shape index (κ3) is 1.15. The molecular weight excluding hydrogens is 186 g/mol. The lowest BCUT2D eigenvalue weighted by molar-refractivity contribution is -0.384. The first-order chi connectivity index (χ1) is 6.72. The van der Waals surface area contributed by atoms with Gasteiger partial charge in [0.1, 0.15) is 0 Å². The molecule has 0 aliphatic rings. The molecule has 1 aromatic carbocycles. The van der Waals surface area contributed by atoms with Crippen LogP contribution in [0.1, 0.15) is 0 Å². The number of aromatic amines is 1. The van der Waals surface area contributed by atoms with Crippen LogP contribution in [0.3, 0.4) is 0 Å². The van der Waals surface area contributed by atoms with Gasteiger partial charge >= 0.3 is 0 Å². The van der Waals surface area contributed by atoms with Gasteiger partial charge < -0.3 is 5.43 Å². The third-order valence-electron chi connectivity index (χ3n) is 1.89. The minimum atomic E-state index is -0.466. The Morgan fingerprint density at radius 1 is 1.57 bits per heavy atom. The number of nitro benzene ring substituents is 1. The first-order valence-electron chi connectivity index (χ1n) is 3.81. The quantitative estimate of drug-likeness (QED) is 0.370. The van der Waals surface area contributed by atoms with Crippen LogP contribution in [0.5, 0.6) is 0 Å². The highest BCUT2D eigenvalue weighted by Gasteiger charge is 2.10. The number of aromatic nitrogens is 2. The van der Waals surface area contributed by atoms with Gasteiger partial charge in [-0.2, -0.15) is 5.10 Å². The number of fused-ring (bicyclic) bond motifs is 1. The van der Waals surface area contributed by atoms with Gasteiger partial charge in [0.15, 0.2) is 5.82 Å². The fraction of sp³-hybridized carbons (Fsp3) is 0. The molecule has 2 aromatic rings.